The van der Waals surface area contributed by atoms with Crippen LogP contribution in [0.5, 0.6) is 0 Å². The number of Topliss-reactive ketones (excluding diaryl/α,β-unsaturated/α-hetero) is 1. The van der Waals surface area contributed by atoms with E-state index in [9.17, 15) is 23.9 Å². The van der Waals surface area contributed by atoms with E-state index in [1.165, 1.54) is 29.6 Å². The van der Waals surface area contributed by atoms with Crippen molar-refractivity contribution in [3.8, 4) is 11.1 Å². The normalized spacial score (nSPS) is 18.6. The van der Waals surface area contributed by atoms with Gasteiger partial charge in [0.25, 0.3) is 5.91 Å². The topological polar surface area (TPSA) is 159 Å². The first kappa shape index (κ1) is 32.1. The number of aliphatic hydroxyl groups excluding tert-OH is 1. The van der Waals surface area contributed by atoms with Crippen molar-refractivity contribution in [2.45, 2.75) is 58.1 Å². The molecule has 1 atom stereocenters. The summed E-state index contributed by atoms with van der Waals surface area (Å²) >= 11 is 0. The zero-order valence-electron chi connectivity index (χ0n) is 27.3. The number of carbonyl (C=O) groups excluding carboxylic acids is 3. The van der Waals surface area contributed by atoms with Crippen LogP contribution in [0, 0.1) is 11.7 Å². The first-order valence-electron chi connectivity index (χ1n) is 16.5. The predicted octanol–water partition coefficient (Wildman–Crippen LogP) is 4.59. The molecule has 1 fully saturated rings. The number of aliphatic hydroxyl groups is 1. The third-order valence-electron chi connectivity index (χ3n) is 9.56. The molecular formula is C36H37FN8O4. The van der Waals surface area contributed by atoms with Gasteiger partial charge < -0.3 is 26.0 Å². The molecule has 4 N–H and O–H groups in total. The minimum Gasteiger partial charge on any atom is -0.382 e. The fourth-order valence-electron chi connectivity index (χ4n) is 7.09. The second-order valence-corrected chi connectivity index (χ2v) is 13.0. The number of rotatable bonds is 6. The Bertz CT molecular complexity index is 2030. The van der Waals surface area contributed by atoms with Gasteiger partial charge in [-0.25, -0.2) is 13.9 Å². The predicted molar refractivity (Wildman–Crippen MR) is 182 cm³/mol. The largest absolute Gasteiger partial charge is 0.382 e. The molecular weight excluding hydrogens is 627 g/mol. The Hall–Kier alpha value is -5.43. The molecule has 252 valence electrons. The number of hydrogen-bond donors (Lipinski definition) is 3. The molecule has 0 bridgehead atoms. The van der Waals surface area contributed by atoms with Gasteiger partial charge in [-0.2, -0.15) is 5.10 Å². The Morgan fingerprint density at radius 2 is 1.84 bits per heavy atom. The van der Waals surface area contributed by atoms with Crippen LogP contribution < -0.4 is 16.0 Å². The molecule has 13 heteroatoms. The van der Waals surface area contributed by atoms with Crippen molar-refractivity contribution in [3.05, 3.63) is 89.5 Å². The maximum atomic E-state index is 14.1. The lowest BCUT2D eigenvalue weighted by molar-refractivity contribution is -0.135. The van der Waals surface area contributed by atoms with Gasteiger partial charge >= 0.3 is 0 Å². The van der Waals surface area contributed by atoms with E-state index in [4.69, 9.17) is 5.73 Å². The first-order chi connectivity index (χ1) is 23.6. The van der Waals surface area contributed by atoms with E-state index in [-0.39, 0.29) is 34.8 Å². The summed E-state index contributed by atoms with van der Waals surface area (Å²) in [4.78, 5) is 50.5. The monoisotopic (exact) mass is 664 g/mol. The second-order valence-electron chi connectivity index (χ2n) is 13.0. The van der Waals surface area contributed by atoms with Crippen LogP contribution in [0.2, 0.25) is 0 Å². The number of anilines is 3. The van der Waals surface area contributed by atoms with Crippen LogP contribution in [0.25, 0.3) is 16.6 Å². The third-order valence-corrected chi connectivity index (χ3v) is 9.56. The minimum atomic E-state index is -1.46. The Labute approximate surface area is 282 Å². The number of halogens is 1. The lowest BCUT2D eigenvalue weighted by atomic mass is 9.88. The molecule has 7 rings (SSSR count). The molecule has 2 aliphatic heterocycles. The molecule has 1 unspecified atom stereocenters. The summed E-state index contributed by atoms with van der Waals surface area (Å²) in [5.41, 5.74) is 11.2. The molecule has 0 radical (unpaired) electrons. The fourth-order valence-corrected chi connectivity index (χ4v) is 7.09. The summed E-state index contributed by atoms with van der Waals surface area (Å²) < 4.78 is 16.0. The molecule has 1 saturated heterocycles. The van der Waals surface area contributed by atoms with Gasteiger partial charge in [0.15, 0.2) is 17.8 Å². The van der Waals surface area contributed by atoms with Crippen molar-refractivity contribution >= 4 is 40.3 Å². The number of aromatic nitrogens is 4. The number of carbonyl (C=O) groups is 3. The number of piperidine rings is 1. The van der Waals surface area contributed by atoms with Crippen LogP contribution in [-0.4, -0.2) is 66.5 Å². The number of fused-ring (bicyclic) bond motifs is 1. The van der Waals surface area contributed by atoms with Crippen molar-refractivity contribution in [2.75, 3.05) is 29.0 Å². The molecule has 3 aliphatic rings. The van der Waals surface area contributed by atoms with E-state index >= 15 is 0 Å². The third kappa shape index (κ3) is 5.94. The van der Waals surface area contributed by atoms with Crippen LogP contribution in [-0.2, 0) is 14.4 Å². The van der Waals surface area contributed by atoms with Crippen molar-refractivity contribution in [1.82, 2.24) is 24.5 Å². The van der Waals surface area contributed by atoms with Crippen LogP contribution in [0.4, 0.5) is 21.6 Å². The lowest BCUT2D eigenvalue weighted by Crippen LogP contribution is -2.44. The van der Waals surface area contributed by atoms with E-state index in [0.29, 0.717) is 60.6 Å². The van der Waals surface area contributed by atoms with Crippen molar-refractivity contribution in [2.24, 2.45) is 5.92 Å². The van der Waals surface area contributed by atoms with Crippen LogP contribution in [0.1, 0.15) is 57.6 Å². The first-order valence-corrected chi connectivity index (χ1v) is 16.5. The Kier molecular flexibility index (Phi) is 8.45. The van der Waals surface area contributed by atoms with E-state index in [1.54, 1.807) is 12.1 Å². The number of hydrogen-bond acceptors (Lipinski definition) is 9. The Balaban J connectivity index is 1.14. The lowest BCUT2D eigenvalue weighted by Gasteiger charge is -2.38. The number of nitrogens with zero attached hydrogens (tertiary/aromatic N) is 6. The SMILES string of the molecule is CC(C)C(=O)N1CCC(c2cc(-c3ccc(NC(=O)C4=CC5=C(CCCC5=O)N(c5cncc(F)c5)C4O)cc3)c3c(N)ncnn23)CC1. The minimum absolute atomic E-state index is 0.0409. The zero-order valence-corrected chi connectivity index (χ0v) is 27.3. The molecule has 2 amide bonds. The number of likely N-dealkylation sites (tertiary alicyclic amines) is 1. The number of amides is 2. The number of pyridine rings is 1. The molecule has 5 heterocycles. The van der Waals surface area contributed by atoms with Crippen LogP contribution >= 0.6 is 0 Å². The van der Waals surface area contributed by atoms with Crippen LogP contribution in [0.15, 0.2) is 78.0 Å². The Morgan fingerprint density at radius 3 is 2.55 bits per heavy atom. The number of nitrogen functional groups attached to an aromatic ring is 1. The van der Waals surface area contributed by atoms with Crippen molar-refractivity contribution < 1.29 is 23.9 Å². The van der Waals surface area contributed by atoms with Gasteiger partial charge in [-0.05, 0) is 55.5 Å². The summed E-state index contributed by atoms with van der Waals surface area (Å²) in [5.74, 6) is -0.711. The van der Waals surface area contributed by atoms with Gasteiger partial charge in [0.05, 0.1) is 23.7 Å². The highest BCUT2D eigenvalue weighted by Gasteiger charge is 2.37. The summed E-state index contributed by atoms with van der Waals surface area (Å²) in [5, 5.41) is 18.8. The molecule has 12 nitrogen and oxygen atoms in total. The van der Waals surface area contributed by atoms with E-state index in [0.717, 1.165) is 35.9 Å². The molecule has 3 aromatic heterocycles. The average Bonchev–Trinajstić information content (AvgIpc) is 3.49. The fraction of sp³-hybridized carbons (Fsp3) is 0.333. The second kappa shape index (κ2) is 12.9. The quantitative estimate of drug-likeness (QED) is 0.268. The van der Waals surface area contributed by atoms with Gasteiger partial charge in [0.1, 0.15) is 17.7 Å². The summed E-state index contributed by atoms with van der Waals surface area (Å²) in [6.45, 7) is 5.18. The van der Waals surface area contributed by atoms with E-state index in [1.807, 2.05) is 35.4 Å². The molecule has 1 aliphatic carbocycles. The molecule has 0 spiro atoms. The van der Waals surface area contributed by atoms with Gasteiger partial charge in [-0.1, -0.05) is 26.0 Å². The van der Waals surface area contributed by atoms with Crippen molar-refractivity contribution in [3.63, 3.8) is 0 Å². The Morgan fingerprint density at radius 1 is 1.08 bits per heavy atom. The van der Waals surface area contributed by atoms with E-state index < -0.39 is 18.0 Å². The summed E-state index contributed by atoms with van der Waals surface area (Å²) in [7, 11) is 0. The summed E-state index contributed by atoms with van der Waals surface area (Å²) in [6.07, 6.45) is 6.85. The summed E-state index contributed by atoms with van der Waals surface area (Å²) in [6, 6.07) is 10.5. The maximum Gasteiger partial charge on any atom is 0.256 e. The van der Waals surface area contributed by atoms with Gasteiger partial charge in [-0.15, -0.1) is 0 Å². The maximum absolute atomic E-state index is 14.1. The van der Waals surface area contributed by atoms with Gasteiger partial charge in [0.2, 0.25) is 5.91 Å². The average molecular weight is 665 g/mol. The number of nitrogens with two attached hydrogens (primary N) is 1. The number of allylic oxidation sites excluding steroid dienone is 3. The highest BCUT2D eigenvalue weighted by molar-refractivity contribution is 6.09. The number of benzene rings is 1. The van der Waals surface area contributed by atoms with Crippen molar-refractivity contribution in [1.29, 1.82) is 0 Å². The highest BCUT2D eigenvalue weighted by atomic mass is 19.1. The van der Waals surface area contributed by atoms with Gasteiger partial charge in [-0.3, -0.25) is 19.4 Å². The smallest absolute Gasteiger partial charge is 0.256 e. The molecule has 49 heavy (non-hydrogen) atoms. The molecule has 0 saturated carbocycles. The highest BCUT2D eigenvalue weighted by Crippen LogP contribution is 2.39. The number of ketones is 1. The van der Waals surface area contributed by atoms with E-state index in [2.05, 4.69) is 26.4 Å². The zero-order chi connectivity index (χ0) is 34.4. The molecule has 4 aromatic rings. The van der Waals surface area contributed by atoms with Gasteiger partial charge in [0, 0.05) is 65.6 Å². The molecule has 1 aromatic carbocycles. The standard InChI is InChI=1S/C36H37FN8O4/c1-20(2)35(48)43-12-10-22(11-13-43)30-16-26(32-33(38)40-19-41-45(30)32)21-6-8-24(9-7-21)42-34(47)28-15-27-29(4-3-5-31(27)46)44(36(28)49)25-14-23(37)17-39-18-25/h6-9,14-20,22,36,49H,3-5,10-13H2,1-2H3,(H,42,47)(H2,38,40,41). The number of nitrogens with one attached hydrogen (secondary N) is 1. The van der Waals surface area contributed by atoms with Crippen LogP contribution in [0.3, 0.4) is 0 Å².